The van der Waals surface area contributed by atoms with Crippen molar-refractivity contribution in [1.82, 2.24) is 0 Å². The van der Waals surface area contributed by atoms with Crippen molar-refractivity contribution in [3.8, 4) is 0 Å². The molecular weight excluding hydrogens is 153 g/mol. The molecule has 0 amide bonds. The molecule has 0 nitrogen and oxygen atoms in total. The van der Waals surface area contributed by atoms with E-state index >= 15 is 0 Å². The van der Waals surface area contributed by atoms with Crippen LogP contribution in [0.5, 0.6) is 0 Å². The summed E-state index contributed by atoms with van der Waals surface area (Å²) in [6.07, 6.45) is -0.763. The molecule has 0 saturated heterocycles. The molecule has 0 unspecified atom stereocenters. The van der Waals surface area contributed by atoms with Crippen molar-refractivity contribution in [2.24, 2.45) is 0 Å². The first kappa shape index (κ1) is 6.95. The lowest BCUT2D eigenvalue weighted by molar-refractivity contribution is -0.0889. The van der Waals surface area contributed by atoms with Crippen LogP contribution in [0.3, 0.4) is 0 Å². The zero-order valence-corrected chi connectivity index (χ0v) is 5.83. The molecule has 2 aliphatic rings. The van der Waals surface area contributed by atoms with Crippen LogP contribution in [-0.4, -0.2) is 6.18 Å². The first-order valence-corrected chi connectivity index (χ1v) is 3.56. The third-order valence-corrected chi connectivity index (χ3v) is 2.22. The molecule has 60 valence electrons. The highest BCUT2D eigenvalue weighted by atomic mass is 19.4. The largest absolute Gasteiger partial charge is 0.416 e. The quantitative estimate of drug-likeness (QED) is 0.511. The molecule has 0 aromatic heterocycles. The SMILES string of the molecule is FC(F)(F)C1=C2CCC(=C1)C2. The van der Waals surface area contributed by atoms with Gasteiger partial charge in [0.2, 0.25) is 0 Å². The minimum atomic E-state index is -4.11. The molecule has 0 atom stereocenters. The molecule has 2 rings (SSSR count). The van der Waals surface area contributed by atoms with Crippen molar-refractivity contribution < 1.29 is 13.2 Å². The number of hydrogen-bond donors (Lipinski definition) is 0. The molecule has 2 bridgehead atoms. The molecule has 3 heteroatoms. The van der Waals surface area contributed by atoms with Crippen molar-refractivity contribution in [3.05, 3.63) is 22.8 Å². The van der Waals surface area contributed by atoms with E-state index in [9.17, 15) is 13.2 Å². The summed E-state index contributed by atoms with van der Waals surface area (Å²) in [6, 6.07) is 0. The zero-order valence-electron chi connectivity index (χ0n) is 5.83. The fourth-order valence-corrected chi connectivity index (χ4v) is 1.70. The summed E-state index contributed by atoms with van der Waals surface area (Å²) < 4.78 is 36.3. The van der Waals surface area contributed by atoms with Gasteiger partial charge in [-0.25, -0.2) is 0 Å². The highest BCUT2D eigenvalue weighted by molar-refractivity contribution is 5.46. The second-order valence-corrected chi connectivity index (χ2v) is 2.99. The number of rotatable bonds is 0. The van der Waals surface area contributed by atoms with Gasteiger partial charge in [0.25, 0.3) is 0 Å². The Balaban J connectivity index is 2.37. The van der Waals surface area contributed by atoms with E-state index in [1.165, 1.54) is 6.08 Å². The predicted molar refractivity (Wildman–Crippen MR) is 35.0 cm³/mol. The molecular formula is C8H7F3. The highest BCUT2D eigenvalue weighted by Crippen LogP contribution is 2.45. The van der Waals surface area contributed by atoms with Gasteiger partial charge in [-0.2, -0.15) is 13.2 Å². The third kappa shape index (κ3) is 0.988. The van der Waals surface area contributed by atoms with E-state index in [-0.39, 0.29) is 5.57 Å². The van der Waals surface area contributed by atoms with Gasteiger partial charge in [-0.3, -0.25) is 0 Å². The predicted octanol–water partition coefficient (Wildman–Crippen LogP) is 2.97. The standard InChI is InChI=1S/C8H7F3/c9-8(10,11)7-4-5-1-2-6(7)3-5/h4H,1-3H2. The molecule has 0 spiro atoms. The van der Waals surface area contributed by atoms with E-state index in [1.54, 1.807) is 0 Å². The van der Waals surface area contributed by atoms with Crippen LogP contribution >= 0.6 is 0 Å². The summed E-state index contributed by atoms with van der Waals surface area (Å²) in [5.41, 5.74) is 1.17. The number of fused-ring (bicyclic) bond motifs is 2. The van der Waals surface area contributed by atoms with E-state index in [4.69, 9.17) is 0 Å². The first-order valence-electron chi connectivity index (χ1n) is 3.56. The van der Waals surface area contributed by atoms with Gasteiger partial charge in [0, 0.05) is 0 Å². The Morgan fingerprint density at radius 1 is 1.18 bits per heavy atom. The molecule has 0 radical (unpaired) electrons. The van der Waals surface area contributed by atoms with Gasteiger partial charge in [-0.1, -0.05) is 17.2 Å². The van der Waals surface area contributed by atoms with Crippen molar-refractivity contribution in [2.75, 3.05) is 0 Å². The van der Waals surface area contributed by atoms with Crippen LogP contribution in [0.2, 0.25) is 0 Å². The lowest BCUT2D eigenvalue weighted by atomic mass is 10.1. The maximum Gasteiger partial charge on any atom is 0.416 e. The minimum absolute atomic E-state index is 0.376. The van der Waals surface area contributed by atoms with Gasteiger partial charge in [0.15, 0.2) is 0 Å². The van der Waals surface area contributed by atoms with Gasteiger partial charge < -0.3 is 0 Å². The van der Waals surface area contributed by atoms with Crippen LogP contribution in [0, 0.1) is 0 Å². The number of allylic oxidation sites excluding steroid dienone is 4. The Hall–Kier alpha value is -0.730. The smallest absolute Gasteiger partial charge is 0.166 e. The number of halogens is 3. The molecule has 0 aromatic carbocycles. The van der Waals surface area contributed by atoms with Crippen LogP contribution in [0.25, 0.3) is 0 Å². The number of alkyl halides is 3. The van der Waals surface area contributed by atoms with E-state index in [1.807, 2.05) is 0 Å². The summed E-state index contributed by atoms with van der Waals surface area (Å²) >= 11 is 0. The fraction of sp³-hybridized carbons (Fsp3) is 0.500. The normalized spacial score (nSPS) is 23.0. The average molecular weight is 160 g/mol. The van der Waals surface area contributed by atoms with Crippen molar-refractivity contribution in [3.63, 3.8) is 0 Å². The van der Waals surface area contributed by atoms with Gasteiger partial charge in [-0.15, -0.1) is 0 Å². The van der Waals surface area contributed by atoms with E-state index in [0.29, 0.717) is 18.4 Å². The second kappa shape index (κ2) is 1.90. The molecule has 11 heavy (non-hydrogen) atoms. The Labute approximate surface area is 62.4 Å². The maximum atomic E-state index is 12.1. The Morgan fingerprint density at radius 2 is 1.91 bits per heavy atom. The molecule has 1 fully saturated rings. The Morgan fingerprint density at radius 3 is 2.18 bits per heavy atom. The minimum Gasteiger partial charge on any atom is -0.166 e. The van der Waals surface area contributed by atoms with Gasteiger partial charge in [-0.05, 0) is 19.3 Å². The van der Waals surface area contributed by atoms with Crippen LogP contribution in [0.4, 0.5) is 13.2 Å². The summed E-state index contributed by atoms with van der Waals surface area (Å²) in [5.74, 6) is 0. The Kier molecular flexibility index (Phi) is 1.20. The molecule has 0 heterocycles. The maximum absolute atomic E-state index is 12.1. The molecule has 0 aromatic rings. The van der Waals surface area contributed by atoms with E-state index in [0.717, 1.165) is 12.0 Å². The van der Waals surface area contributed by atoms with Crippen molar-refractivity contribution in [2.45, 2.75) is 25.4 Å². The lowest BCUT2D eigenvalue weighted by Gasteiger charge is -2.09. The number of hydrogen-bond acceptors (Lipinski definition) is 0. The second-order valence-electron chi connectivity index (χ2n) is 2.99. The summed E-state index contributed by atoms with van der Waals surface area (Å²) in [4.78, 5) is 0. The van der Waals surface area contributed by atoms with Crippen LogP contribution in [0.15, 0.2) is 22.8 Å². The molecule has 1 saturated carbocycles. The van der Waals surface area contributed by atoms with E-state index in [2.05, 4.69) is 0 Å². The van der Waals surface area contributed by atoms with Crippen molar-refractivity contribution >= 4 is 0 Å². The molecule has 0 aliphatic heterocycles. The van der Waals surface area contributed by atoms with Gasteiger partial charge in [0.1, 0.15) is 0 Å². The monoisotopic (exact) mass is 160 g/mol. The van der Waals surface area contributed by atoms with E-state index < -0.39 is 6.18 Å². The Bertz CT molecular complexity index is 255. The van der Waals surface area contributed by atoms with Crippen LogP contribution in [-0.2, 0) is 0 Å². The first-order chi connectivity index (χ1) is 5.07. The van der Waals surface area contributed by atoms with Gasteiger partial charge in [0.05, 0.1) is 5.57 Å². The molecule has 2 aliphatic carbocycles. The van der Waals surface area contributed by atoms with Crippen molar-refractivity contribution in [1.29, 1.82) is 0 Å². The topological polar surface area (TPSA) is 0 Å². The fourth-order valence-electron chi connectivity index (χ4n) is 1.70. The zero-order chi connectivity index (χ0) is 8.06. The van der Waals surface area contributed by atoms with Crippen LogP contribution in [0.1, 0.15) is 19.3 Å². The highest BCUT2D eigenvalue weighted by Gasteiger charge is 2.39. The summed E-state index contributed by atoms with van der Waals surface area (Å²) in [7, 11) is 0. The summed E-state index contributed by atoms with van der Waals surface area (Å²) in [5, 5.41) is 0. The third-order valence-electron chi connectivity index (χ3n) is 2.22. The average Bonchev–Trinajstić information content (AvgIpc) is 2.42. The van der Waals surface area contributed by atoms with Crippen LogP contribution < -0.4 is 0 Å². The van der Waals surface area contributed by atoms with Gasteiger partial charge >= 0.3 is 6.18 Å². The lowest BCUT2D eigenvalue weighted by Crippen LogP contribution is -2.11. The summed E-state index contributed by atoms with van der Waals surface area (Å²) in [6.45, 7) is 0. The molecule has 0 N–H and O–H groups in total.